The molecule has 2 aromatic rings. The van der Waals surface area contributed by atoms with E-state index in [1.165, 1.54) is 89.0 Å². The van der Waals surface area contributed by atoms with Crippen molar-refractivity contribution in [2.24, 2.45) is 23.8 Å². The van der Waals surface area contributed by atoms with Crippen molar-refractivity contribution in [3.63, 3.8) is 0 Å². The van der Waals surface area contributed by atoms with Crippen LogP contribution in [-0.4, -0.2) is 17.5 Å². The highest BCUT2D eigenvalue weighted by Gasteiger charge is 2.41. The van der Waals surface area contributed by atoms with Crippen molar-refractivity contribution < 1.29 is 17.5 Å². The van der Waals surface area contributed by atoms with Gasteiger partial charge in [0, 0.05) is 0 Å². The van der Waals surface area contributed by atoms with Crippen LogP contribution in [-0.2, 0) is 23.7 Å². The van der Waals surface area contributed by atoms with Crippen molar-refractivity contribution in [2.45, 2.75) is 115 Å². The molecule has 0 saturated heterocycles. The quantitative estimate of drug-likeness (QED) is 0.317. The van der Waals surface area contributed by atoms with Gasteiger partial charge in [-0.2, -0.15) is 8.42 Å². The van der Waals surface area contributed by atoms with E-state index in [0.29, 0.717) is 11.3 Å². The Kier molecular flexibility index (Phi) is 8.66. The van der Waals surface area contributed by atoms with Gasteiger partial charge in [-0.3, -0.25) is 4.55 Å². The van der Waals surface area contributed by atoms with E-state index < -0.39 is 10.1 Å². The minimum atomic E-state index is -4.15. The maximum absolute atomic E-state index is 11.5. The van der Waals surface area contributed by atoms with Crippen LogP contribution >= 0.6 is 0 Å². The smallest absolute Gasteiger partial charge is 0.282 e. The molecule has 4 atom stereocenters. The van der Waals surface area contributed by atoms with E-state index in [1.807, 2.05) is 12.1 Å². The van der Waals surface area contributed by atoms with Crippen LogP contribution in [0.3, 0.4) is 0 Å². The molecule has 0 radical (unpaired) electrons. The average Bonchev–Trinajstić information content (AvgIpc) is 3.29. The van der Waals surface area contributed by atoms with E-state index in [1.54, 1.807) is 12.1 Å². The van der Waals surface area contributed by atoms with E-state index >= 15 is 0 Å². The summed E-state index contributed by atoms with van der Waals surface area (Å²) in [5.74, 6) is 1.11. The van der Waals surface area contributed by atoms with Crippen LogP contribution in [0.5, 0.6) is 0 Å². The Morgan fingerprint density at radius 3 is 2.03 bits per heavy atom. The Hall–Kier alpha value is -1.66. The van der Waals surface area contributed by atoms with Crippen LogP contribution in [0.2, 0.25) is 0 Å². The third-order valence-electron chi connectivity index (χ3n) is 10.1. The van der Waals surface area contributed by atoms with Gasteiger partial charge >= 0.3 is 0 Å². The summed E-state index contributed by atoms with van der Waals surface area (Å²) in [7, 11) is -2.06. The summed E-state index contributed by atoms with van der Waals surface area (Å²) in [5, 5.41) is 0. The van der Waals surface area contributed by atoms with Crippen molar-refractivity contribution >= 4 is 10.1 Å². The number of nitrogens with zero attached hydrogens (tertiary/aromatic N) is 2. The summed E-state index contributed by atoms with van der Waals surface area (Å²) in [5.41, 5.74) is 1.94. The molecule has 3 unspecified atom stereocenters. The summed E-state index contributed by atoms with van der Waals surface area (Å²) in [6.07, 6.45) is 23.5. The van der Waals surface area contributed by atoms with Crippen LogP contribution in [0.4, 0.5) is 0 Å². The lowest BCUT2D eigenvalue weighted by atomic mass is 9.62. The van der Waals surface area contributed by atoms with Gasteiger partial charge in [-0.15, -0.1) is 0 Å². The molecule has 1 N–H and O–H groups in total. The lowest BCUT2D eigenvalue weighted by Gasteiger charge is -2.43. The Labute approximate surface area is 219 Å². The first kappa shape index (κ1) is 27.4. The molecule has 0 spiro atoms. The predicted octanol–water partition coefficient (Wildman–Crippen LogP) is 7.07. The van der Waals surface area contributed by atoms with Gasteiger partial charge in [0.15, 0.2) is 0 Å². The van der Waals surface area contributed by atoms with Crippen LogP contribution in [0.15, 0.2) is 47.9 Å². The van der Waals surface area contributed by atoms with Gasteiger partial charge in [-0.05, 0) is 85.3 Å². The molecular formula is C30H47N2O3S+. The molecule has 1 aromatic carbocycles. The molecule has 4 rings (SSSR count). The van der Waals surface area contributed by atoms with Gasteiger partial charge in [-0.1, -0.05) is 64.5 Å². The number of fused-ring (bicyclic) bond motifs is 4. The van der Waals surface area contributed by atoms with E-state index in [4.69, 9.17) is 0 Å². The van der Waals surface area contributed by atoms with Gasteiger partial charge in [0.05, 0.1) is 18.5 Å². The fraction of sp³-hybridized carbons (Fsp3) is 0.700. The highest BCUT2D eigenvalue weighted by Crippen LogP contribution is 2.54. The first-order chi connectivity index (χ1) is 17.1. The molecule has 36 heavy (non-hydrogen) atoms. The third-order valence-corrected chi connectivity index (χ3v) is 11.0. The maximum Gasteiger partial charge on any atom is 0.294 e. The second-order valence-corrected chi connectivity index (χ2v) is 13.5. The molecule has 2 aliphatic rings. The molecule has 2 bridgehead atoms. The molecule has 1 aromatic heterocycles. The zero-order valence-corrected chi connectivity index (χ0v) is 23.5. The van der Waals surface area contributed by atoms with Crippen molar-refractivity contribution in [2.75, 3.05) is 0 Å². The summed E-state index contributed by atoms with van der Waals surface area (Å²) < 4.78 is 37.0. The lowest BCUT2D eigenvalue weighted by Crippen LogP contribution is -2.36. The van der Waals surface area contributed by atoms with Gasteiger partial charge in [-0.25, -0.2) is 9.13 Å². The zero-order valence-electron chi connectivity index (χ0n) is 22.7. The molecule has 0 aliphatic heterocycles. The maximum atomic E-state index is 11.5. The average molecular weight is 516 g/mol. The summed E-state index contributed by atoms with van der Waals surface area (Å²) in [4.78, 5) is -0.0104. The summed E-state index contributed by atoms with van der Waals surface area (Å²) in [6, 6.07) is 7.01. The van der Waals surface area contributed by atoms with Crippen molar-refractivity contribution in [1.29, 1.82) is 0 Å². The van der Waals surface area contributed by atoms with Crippen LogP contribution in [0.1, 0.15) is 109 Å². The van der Waals surface area contributed by atoms with E-state index in [-0.39, 0.29) is 10.3 Å². The lowest BCUT2D eigenvalue weighted by molar-refractivity contribution is -0.697. The molecule has 5 nitrogen and oxygen atoms in total. The van der Waals surface area contributed by atoms with Gasteiger partial charge < -0.3 is 0 Å². The standard InChI is InChI=1S/C30H46N2O3S/c1-25(14-21-32-23-22-31(3)24-32)29-15-5-4-6-17-30(20-9-19-29,18-8-7-16-29)26(2)27-10-12-28(13-11-27)36(33,34)35/h10-13,22-26H,4-9,14-21H2,1-3H3/p+1/t25?,26?,29-,30?/m1/s1. The summed E-state index contributed by atoms with van der Waals surface area (Å²) >= 11 is 0. The largest absolute Gasteiger partial charge is 0.294 e. The van der Waals surface area contributed by atoms with Crippen LogP contribution in [0.25, 0.3) is 0 Å². The monoisotopic (exact) mass is 515 g/mol. The second-order valence-electron chi connectivity index (χ2n) is 12.1. The molecule has 2 aliphatic carbocycles. The molecule has 200 valence electrons. The fourth-order valence-electron chi connectivity index (χ4n) is 7.58. The van der Waals surface area contributed by atoms with Crippen LogP contribution in [0, 0.1) is 16.7 Å². The highest BCUT2D eigenvalue weighted by molar-refractivity contribution is 7.85. The van der Waals surface area contributed by atoms with Crippen LogP contribution < -0.4 is 4.57 Å². The molecule has 0 amide bonds. The highest BCUT2D eigenvalue weighted by atomic mass is 32.2. The van der Waals surface area contributed by atoms with Gasteiger partial charge in [0.1, 0.15) is 12.4 Å². The third kappa shape index (κ3) is 6.24. The topological polar surface area (TPSA) is 63.2 Å². The Balaban J connectivity index is 1.52. The van der Waals surface area contributed by atoms with Crippen molar-refractivity contribution in [3.8, 4) is 0 Å². The normalized spacial score (nSPS) is 27.7. The first-order valence-electron chi connectivity index (χ1n) is 14.2. The Morgan fingerprint density at radius 2 is 1.44 bits per heavy atom. The number of hydrogen-bond donors (Lipinski definition) is 1. The minimum Gasteiger partial charge on any atom is -0.282 e. The number of benzene rings is 1. The molecule has 1 heterocycles. The second kappa shape index (κ2) is 11.4. The Bertz CT molecular complexity index is 1090. The molecule has 2 fully saturated rings. The SMILES string of the molecule is CC(c1ccc(S(=O)(=O)O)cc1)C12CCCCC[C@@](C(C)CC[n+]3ccn(C)c3)(CCCC1)CCC2. The predicted molar refractivity (Wildman–Crippen MR) is 144 cm³/mol. The van der Waals surface area contributed by atoms with E-state index in [0.717, 1.165) is 12.5 Å². The number of aromatic nitrogens is 2. The minimum absolute atomic E-state index is 0.0104. The molecule has 6 heteroatoms. The fourth-order valence-corrected chi connectivity index (χ4v) is 8.06. The zero-order chi connectivity index (χ0) is 25.8. The molecular weight excluding hydrogens is 468 g/mol. The first-order valence-corrected chi connectivity index (χ1v) is 15.7. The molecule has 2 saturated carbocycles. The van der Waals surface area contributed by atoms with Crippen molar-refractivity contribution in [3.05, 3.63) is 48.5 Å². The number of aryl methyl sites for hydroxylation is 2. The van der Waals surface area contributed by atoms with Gasteiger partial charge in [0.25, 0.3) is 10.1 Å². The number of imidazole rings is 1. The summed E-state index contributed by atoms with van der Waals surface area (Å²) in [6.45, 7) is 5.99. The van der Waals surface area contributed by atoms with E-state index in [9.17, 15) is 13.0 Å². The van der Waals surface area contributed by atoms with Crippen molar-refractivity contribution in [1.82, 2.24) is 4.57 Å². The van der Waals surface area contributed by atoms with Gasteiger partial charge in [0.2, 0.25) is 6.33 Å². The van der Waals surface area contributed by atoms with E-state index in [2.05, 4.69) is 48.8 Å². The Morgan fingerprint density at radius 1 is 0.889 bits per heavy atom. The number of hydrogen-bond acceptors (Lipinski definition) is 2. The number of rotatable bonds is 7.